The van der Waals surface area contributed by atoms with Crippen LogP contribution in [0.2, 0.25) is 0 Å². The molecule has 1 aliphatic rings. The van der Waals surface area contributed by atoms with Crippen LogP contribution in [0, 0.1) is 0 Å². The maximum Gasteiger partial charge on any atom is 0.411 e. The number of cyclic esters (lactones) is 1. The van der Waals surface area contributed by atoms with E-state index in [-0.39, 0.29) is 24.3 Å². The lowest BCUT2D eigenvalue weighted by molar-refractivity contribution is -0.904. The fraction of sp³-hybridized carbons (Fsp3) is 0.500. The van der Waals surface area contributed by atoms with Gasteiger partial charge in [-0.15, -0.1) is 0 Å². The standard InChI is InChI=1S/C12H17N2O3/c1-8(2)14-9(3)11(17-12(14)15)10-4-6-13(16)7-5-10/h4-9,11,16H,1-3H3/q+1/t9-,11-/m0/s1. The number of carbonyl (C=O) groups excluding carboxylic acids is 1. The molecular formula is C12H17N2O3+. The molecule has 5 heteroatoms. The molecule has 17 heavy (non-hydrogen) atoms. The summed E-state index contributed by atoms with van der Waals surface area (Å²) in [7, 11) is 0. The lowest BCUT2D eigenvalue weighted by Crippen LogP contribution is -2.37. The molecule has 2 rings (SSSR count). The van der Waals surface area contributed by atoms with Crippen molar-refractivity contribution in [2.75, 3.05) is 0 Å². The molecule has 0 aliphatic carbocycles. The fourth-order valence-corrected chi connectivity index (χ4v) is 2.23. The molecular weight excluding hydrogens is 220 g/mol. The minimum atomic E-state index is -0.279. The van der Waals surface area contributed by atoms with Gasteiger partial charge in [-0.2, -0.15) is 0 Å². The van der Waals surface area contributed by atoms with Crippen LogP contribution in [0.1, 0.15) is 32.4 Å². The summed E-state index contributed by atoms with van der Waals surface area (Å²) in [6, 6.07) is 3.61. The number of pyridine rings is 1. The smallest absolute Gasteiger partial charge is 0.411 e. The van der Waals surface area contributed by atoms with Crippen LogP contribution < -0.4 is 4.73 Å². The maximum atomic E-state index is 11.7. The van der Waals surface area contributed by atoms with Gasteiger partial charge >= 0.3 is 6.09 Å². The first kappa shape index (κ1) is 11.7. The summed E-state index contributed by atoms with van der Waals surface area (Å²) in [6.45, 7) is 5.90. The van der Waals surface area contributed by atoms with Crippen molar-refractivity contribution in [1.82, 2.24) is 4.90 Å². The van der Waals surface area contributed by atoms with E-state index >= 15 is 0 Å². The zero-order chi connectivity index (χ0) is 12.6. The molecule has 92 valence electrons. The number of hydrogen-bond donors (Lipinski definition) is 1. The molecule has 2 atom stereocenters. The second-order valence-corrected chi connectivity index (χ2v) is 4.56. The van der Waals surface area contributed by atoms with Crippen molar-refractivity contribution in [1.29, 1.82) is 0 Å². The van der Waals surface area contributed by atoms with E-state index in [4.69, 9.17) is 9.94 Å². The zero-order valence-electron chi connectivity index (χ0n) is 10.2. The summed E-state index contributed by atoms with van der Waals surface area (Å²) < 4.78 is 6.33. The van der Waals surface area contributed by atoms with E-state index < -0.39 is 0 Å². The van der Waals surface area contributed by atoms with Gasteiger partial charge in [0.25, 0.3) is 0 Å². The first-order valence-corrected chi connectivity index (χ1v) is 5.70. The SMILES string of the molecule is CC(C)N1C(=O)O[C@H](c2cc[n+](O)cc2)[C@@H]1C. The quantitative estimate of drug-likeness (QED) is 0.626. The predicted octanol–water partition coefficient (Wildman–Crippen LogP) is 1.50. The molecule has 1 amide bonds. The number of carbonyl (C=O) groups is 1. The molecule has 2 heterocycles. The number of aromatic nitrogens is 1. The Kier molecular flexibility index (Phi) is 2.92. The molecule has 0 saturated carbocycles. The van der Waals surface area contributed by atoms with Gasteiger partial charge in [-0.05, 0) is 20.8 Å². The molecule has 1 aromatic rings. The highest BCUT2D eigenvalue weighted by atomic mass is 16.6. The molecule has 0 aromatic carbocycles. The van der Waals surface area contributed by atoms with Gasteiger partial charge in [0, 0.05) is 28.5 Å². The maximum absolute atomic E-state index is 11.7. The monoisotopic (exact) mass is 237 g/mol. The molecule has 5 nitrogen and oxygen atoms in total. The first-order valence-electron chi connectivity index (χ1n) is 5.70. The molecule has 0 bridgehead atoms. The fourth-order valence-electron chi connectivity index (χ4n) is 2.23. The minimum Gasteiger partial charge on any atom is -0.439 e. The highest BCUT2D eigenvalue weighted by Crippen LogP contribution is 2.32. The van der Waals surface area contributed by atoms with Crippen LogP contribution in [0.4, 0.5) is 4.79 Å². The van der Waals surface area contributed by atoms with Gasteiger partial charge in [-0.1, -0.05) is 0 Å². The van der Waals surface area contributed by atoms with Crippen LogP contribution in [0.3, 0.4) is 0 Å². The molecule has 1 fully saturated rings. The van der Waals surface area contributed by atoms with Crippen molar-refractivity contribution < 1.29 is 19.5 Å². The van der Waals surface area contributed by atoms with Gasteiger partial charge in [-0.25, -0.2) is 4.79 Å². The lowest BCUT2D eigenvalue weighted by atomic mass is 10.0. The van der Waals surface area contributed by atoms with Crippen molar-refractivity contribution in [2.45, 2.75) is 39.0 Å². The normalized spacial score (nSPS) is 24.2. The predicted molar refractivity (Wildman–Crippen MR) is 59.5 cm³/mol. The van der Waals surface area contributed by atoms with E-state index in [1.54, 1.807) is 17.0 Å². The molecule has 0 radical (unpaired) electrons. The Hall–Kier alpha value is -1.78. The first-order chi connectivity index (χ1) is 8.00. The number of ether oxygens (including phenoxy) is 1. The summed E-state index contributed by atoms with van der Waals surface area (Å²) in [5.74, 6) is 0. The molecule has 0 spiro atoms. The Bertz CT molecular complexity index is 416. The third-order valence-electron chi connectivity index (χ3n) is 3.04. The van der Waals surface area contributed by atoms with Crippen LogP contribution in [-0.2, 0) is 4.74 Å². The van der Waals surface area contributed by atoms with Crippen LogP contribution in [0.25, 0.3) is 0 Å². The third kappa shape index (κ3) is 2.05. The Morgan fingerprint density at radius 3 is 2.47 bits per heavy atom. The summed E-state index contributed by atoms with van der Waals surface area (Å²) in [6.07, 6.45) is 2.49. The summed E-state index contributed by atoms with van der Waals surface area (Å²) in [5.41, 5.74) is 0.888. The van der Waals surface area contributed by atoms with Crippen molar-refractivity contribution in [3.63, 3.8) is 0 Å². The Labute approximate surface area is 100 Å². The van der Waals surface area contributed by atoms with E-state index in [2.05, 4.69) is 0 Å². The second-order valence-electron chi connectivity index (χ2n) is 4.56. The van der Waals surface area contributed by atoms with Gasteiger partial charge in [0.15, 0.2) is 0 Å². The average Bonchev–Trinajstić information content (AvgIpc) is 2.55. The average molecular weight is 237 g/mol. The van der Waals surface area contributed by atoms with E-state index in [0.717, 1.165) is 10.3 Å². The molecule has 0 unspecified atom stereocenters. The highest BCUT2D eigenvalue weighted by molar-refractivity contribution is 5.71. The van der Waals surface area contributed by atoms with E-state index in [1.165, 1.54) is 12.4 Å². The summed E-state index contributed by atoms with van der Waals surface area (Å²) in [5, 5.41) is 9.16. The largest absolute Gasteiger partial charge is 0.439 e. The Morgan fingerprint density at radius 1 is 1.41 bits per heavy atom. The van der Waals surface area contributed by atoms with Crippen molar-refractivity contribution in [2.24, 2.45) is 0 Å². The Morgan fingerprint density at radius 2 is 2.00 bits per heavy atom. The van der Waals surface area contributed by atoms with Gasteiger partial charge < -0.3 is 4.74 Å². The number of amides is 1. The zero-order valence-corrected chi connectivity index (χ0v) is 10.2. The van der Waals surface area contributed by atoms with Gasteiger partial charge in [0.05, 0.1) is 6.04 Å². The second kappa shape index (κ2) is 4.24. The number of hydrogen-bond acceptors (Lipinski definition) is 3. The summed E-state index contributed by atoms with van der Waals surface area (Å²) >= 11 is 0. The van der Waals surface area contributed by atoms with Crippen molar-refractivity contribution in [3.05, 3.63) is 30.1 Å². The van der Waals surface area contributed by atoms with Gasteiger partial charge in [-0.3, -0.25) is 10.1 Å². The molecule has 1 aliphatic heterocycles. The van der Waals surface area contributed by atoms with Gasteiger partial charge in [0.2, 0.25) is 12.4 Å². The lowest BCUT2D eigenvalue weighted by Gasteiger charge is -2.24. The molecule has 1 N–H and O–H groups in total. The van der Waals surface area contributed by atoms with Crippen LogP contribution in [0.15, 0.2) is 24.5 Å². The van der Waals surface area contributed by atoms with Crippen molar-refractivity contribution >= 4 is 6.09 Å². The van der Waals surface area contributed by atoms with Crippen LogP contribution >= 0.6 is 0 Å². The van der Waals surface area contributed by atoms with E-state index in [0.29, 0.717) is 0 Å². The number of rotatable bonds is 2. The Balaban J connectivity index is 2.24. The van der Waals surface area contributed by atoms with Gasteiger partial charge in [0.1, 0.15) is 6.10 Å². The van der Waals surface area contributed by atoms with Crippen LogP contribution in [0.5, 0.6) is 0 Å². The van der Waals surface area contributed by atoms with E-state index in [9.17, 15) is 4.79 Å². The number of nitrogens with zero attached hydrogens (tertiary/aromatic N) is 2. The van der Waals surface area contributed by atoms with Crippen LogP contribution in [-0.4, -0.2) is 28.3 Å². The van der Waals surface area contributed by atoms with E-state index in [1.807, 2.05) is 20.8 Å². The molecule has 1 saturated heterocycles. The third-order valence-corrected chi connectivity index (χ3v) is 3.04. The summed E-state index contributed by atoms with van der Waals surface area (Å²) in [4.78, 5) is 13.5. The topological polar surface area (TPSA) is 53.7 Å². The molecule has 1 aromatic heterocycles. The minimum absolute atomic E-state index is 0.00274. The highest BCUT2D eigenvalue weighted by Gasteiger charge is 2.41. The van der Waals surface area contributed by atoms with Crippen molar-refractivity contribution in [3.8, 4) is 0 Å².